The Kier molecular flexibility index (Phi) is 3.39. The Morgan fingerprint density at radius 1 is 1.19 bits per heavy atom. The Hall–Kier alpha value is -2.33. The standard InChI is InChI=1S/C16H11ClFNO2/c17-14-8-13(18)4-3-12(14)9-19-6-5-10-1-2-11(16(20)21)7-15(10)19/h1-8H,9H2,(H,20,21). The van der Waals surface area contributed by atoms with Crippen molar-refractivity contribution in [2.24, 2.45) is 0 Å². The monoisotopic (exact) mass is 303 g/mol. The van der Waals surface area contributed by atoms with Crippen LogP contribution in [0.3, 0.4) is 0 Å². The minimum atomic E-state index is -0.968. The van der Waals surface area contributed by atoms with Crippen LogP contribution < -0.4 is 0 Å². The second-order valence-corrected chi connectivity index (χ2v) is 5.17. The fourth-order valence-corrected chi connectivity index (χ4v) is 2.52. The number of aromatic carboxylic acids is 1. The molecule has 0 bridgehead atoms. The first-order valence-corrected chi connectivity index (χ1v) is 6.68. The number of aromatic nitrogens is 1. The summed E-state index contributed by atoms with van der Waals surface area (Å²) in [5, 5.41) is 10.4. The Morgan fingerprint density at radius 2 is 2.00 bits per heavy atom. The Labute approximate surface area is 125 Å². The van der Waals surface area contributed by atoms with Crippen molar-refractivity contribution < 1.29 is 14.3 Å². The number of fused-ring (bicyclic) bond motifs is 1. The molecular weight excluding hydrogens is 293 g/mol. The highest BCUT2D eigenvalue weighted by atomic mass is 35.5. The van der Waals surface area contributed by atoms with Crippen LogP contribution in [0.5, 0.6) is 0 Å². The molecule has 1 heterocycles. The second kappa shape index (κ2) is 5.22. The van der Waals surface area contributed by atoms with Crippen molar-refractivity contribution in [2.45, 2.75) is 6.54 Å². The zero-order valence-electron chi connectivity index (χ0n) is 10.9. The molecular formula is C16H11ClFNO2. The summed E-state index contributed by atoms with van der Waals surface area (Å²) in [5.74, 6) is -1.35. The van der Waals surface area contributed by atoms with Gasteiger partial charge in [-0.15, -0.1) is 0 Å². The molecule has 0 radical (unpaired) electrons. The zero-order chi connectivity index (χ0) is 15.0. The van der Waals surface area contributed by atoms with Crippen LogP contribution in [0.4, 0.5) is 4.39 Å². The average molecular weight is 304 g/mol. The number of carbonyl (C=O) groups is 1. The van der Waals surface area contributed by atoms with Gasteiger partial charge >= 0.3 is 5.97 Å². The van der Waals surface area contributed by atoms with Crippen LogP contribution in [-0.4, -0.2) is 15.6 Å². The molecule has 0 unspecified atom stereocenters. The maximum Gasteiger partial charge on any atom is 0.335 e. The van der Waals surface area contributed by atoms with Gasteiger partial charge in [0.2, 0.25) is 0 Å². The highest BCUT2D eigenvalue weighted by Crippen LogP contribution is 2.23. The maximum atomic E-state index is 13.1. The molecule has 2 aromatic carbocycles. The van der Waals surface area contributed by atoms with Gasteiger partial charge in [0, 0.05) is 23.3 Å². The van der Waals surface area contributed by atoms with Gasteiger partial charge in [-0.25, -0.2) is 9.18 Å². The molecule has 0 atom stereocenters. The molecule has 0 saturated heterocycles. The van der Waals surface area contributed by atoms with E-state index in [1.807, 2.05) is 16.8 Å². The lowest BCUT2D eigenvalue weighted by molar-refractivity contribution is 0.0697. The summed E-state index contributed by atoms with van der Waals surface area (Å²) < 4.78 is 15.0. The van der Waals surface area contributed by atoms with Crippen LogP contribution in [0, 0.1) is 5.82 Å². The lowest BCUT2D eigenvalue weighted by atomic mass is 10.1. The molecule has 0 spiro atoms. The van der Waals surface area contributed by atoms with Gasteiger partial charge in [0.05, 0.1) is 5.56 Å². The van der Waals surface area contributed by atoms with E-state index >= 15 is 0 Å². The molecule has 106 valence electrons. The van der Waals surface area contributed by atoms with E-state index in [4.69, 9.17) is 16.7 Å². The van der Waals surface area contributed by atoms with E-state index in [9.17, 15) is 9.18 Å². The number of carboxylic acids is 1. The van der Waals surface area contributed by atoms with Crippen LogP contribution in [0.15, 0.2) is 48.7 Å². The minimum Gasteiger partial charge on any atom is -0.478 e. The van der Waals surface area contributed by atoms with Crippen molar-refractivity contribution in [3.63, 3.8) is 0 Å². The van der Waals surface area contributed by atoms with Gasteiger partial charge in [-0.05, 0) is 41.3 Å². The lowest BCUT2D eigenvalue weighted by Gasteiger charge is -2.08. The van der Waals surface area contributed by atoms with E-state index in [2.05, 4.69) is 0 Å². The number of carboxylic acid groups (broad SMARTS) is 1. The normalized spacial score (nSPS) is 11.0. The number of rotatable bonds is 3. The van der Waals surface area contributed by atoms with Crippen molar-refractivity contribution >= 4 is 28.5 Å². The summed E-state index contributed by atoms with van der Waals surface area (Å²) in [6.45, 7) is 0.450. The van der Waals surface area contributed by atoms with Crippen molar-refractivity contribution in [1.82, 2.24) is 4.57 Å². The van der Waals surface area contributed by atoms with Crippen molar-refractivity contribution in [2.75, 3.05) is 0 Å². The molecule has 5 heteroatoms. The van der Waals surface area contributed by atoms with Gasteiger partial charge in [-0.2, -0.15) is 0 Å². The highest BCUT2D eigenvalue weighted by Gasteiger charge is 2.09. The summed E-state index contributed by atoms with van der Waals surface area (Å²) >= 11 is 6.03. The predicted molar refractivity (Wildman–Crippen MR) is 79.4 cm³/mol. The number of hydrogen-bond donors (Lipinski definition) is 1. The Morgan fingerprint density at radius 3 is 2.71 bits per heavy atom. The van der Waals surface area contributed by atoms with E-state index in [0.29, 0.717) is 11.6 Å². The van der Waals surface area contributed by atoms with Crippen LogP contribution in [0.25, 0.3) is 10.9 Å². The number of benzene rings is 2. The maximum absolute atomic E-state index is 13.1. The summed E-state index contributed by atoms with van der Waals surface area (Å²) in [5.41, 5.74) is 1.80. The molecule has 3 aromatic rings. The SMILES string of the molecule is O=C(O)c1ccc2ccn(Cc3ccc(F)cc3Cl)c2c1. The molecule has 3 nitrogen and oxygen atoms in total. The highest BCUT2D eigenvalue weighted by molar-refractivity contribution is 6.31. The zero-order valence-corrected chi connectivity index (χ0v) is 11.6. The first-order valence-electron chi connectivity index (χ1n) is 6.31. The van der Waals surface area contributed by atoms with Crippen LogP contribution in [0.1, 0.15) is 15.9 Å². The fraction of sp³-hybridized carbons (Fsp3) is 0.0625. The van der Waals surface area contributed by atoms with Gasteiger partial charge in [0.15, 0.2) is 0 Å². The van der Waals surface area contributed by atoms with E-state index in [1.165, 1.54) is 12.1 Å². The molecule has 0 amide bonds. The Balaban J connectivity index is 2.04. The molecule has 1 N–H and O–H groups in total. The van der Waals surface area contributed by atoms with E-state index in [0.717, 1.165) is 16.5 Å². The molecule has 3 rings (SSSR count). The van der Waals surface area contributed by atoms with Gasteiger partial charge < -0.3 is 9.67 Å². The van der Waals surface area contributed by atoms with Gasteiger partial charge in [-0.3, -0.25) is 0 Å². The van der Waals surface area contributed by atoms with E-state index < -0.39 is 5.97 Å². The topological polar surface area (TPSA) is 42.2 Å². The molecule has 0 aliphatic heterocycles. The molecule has 0 fully saturated rings. The van der Waals surface area contributed by atoms with Crippen molar-refractivity contribution in [3.05, 3.63) is 70.6 Å². The number of nitrogens with zero attached hydrogens (tertiary/aromatic N) is 1. The van der Waals surface area contributed by atoms with E-state index in [-0.39, 0.29) is 11.4 Å². The molecule has 21 heavy (non-hydrogen) atoms. The van der Waals surface area contributed by atoms with Crippen LogP contribution in [-0.2, 0) is 6.54 Å². The first kappa shape index (κ1) is 13.6. The second-order valence-electron chi connectivity index (χ2n) is 4.76. The van der Waals surface area contributed by atoms with E-state index in [1.54, 1.807) is 24.3 Å². The smallest absolute Gasteiger partial charge is 0.335 e. The summed E-state index contributed by atoms with van der Waals surface area (Å²) in [4.78, 5) is 11.1. The molecule has 0 aliphatic carbocycles. The quantitative estimate of drug-likeness (QED) is 0.788. The third kappa shape index (κ3) is 2.62. The predicted octanol–water partition coefficient (Wildman–Crippen LogP) is 4.18. The first-order chi connectivity index (χ1) is 10.0. The van der Waals surface area contributed by atoms with Crippen LogP contribution >= 0.6 is 11.6 Å². The average Bonchev–Trinajstić information content (AvgIpc) is 2.84. The van der Waals surface area contributed by atoms with Crippen molar-refractivity contribution in [1.29, 1.82) is 0 Å². The third-order valence-corrected chi connectivity index (χ3v) is 3.73. The lowest BCUT2D eigenvalue weighted by Crippen LogP contribution is -2.01. The molecule has 1 aromatic heterocycles. The van der Waals surface area contributed by atoms with Crippen LogP contribution in [0.2, 0.25) is 5.02 Å². The summed E-state index contributed by atoms with van der Waals surface area (Å²) in [6.07, 6.45) is 1.86. The summed E-state index contributed by atoms with van der Waals surface area (Å²) in [7, 11) is 0. The fourth-order valence-electron chi connectivity index (χ4n) is 2.29. The van der Waals surface area contributed by atoms with Gasteiger partial charge in [0.25, 0.3) is 0 Å². The molecule has 0 saturated carbocycles. The number of hydrogen-bond acceptors (Lipinski definition) is 1. The van der Waals surface area contributed by atoms with Gasteiger partial charge in [-0.1, -0.05) is 23.7 Å². The van der Waals surface area contributed by atoms with Gasteiger partial charge in [0.1, 0.15) is 5.82 Å². The molecule has 0 aliphatic rings. The minimum absolute atomic E-state index is 0.229. The van der Waals surface area contributed by atoms with Crippen molar-refractivity contribution in [3.8, 4) is 0 Å². The summed E-state index contributed by atoms with van der Waals surface area (Å²) in [6, 6.07) is 11.1. The Bertz CT molecular complexity index is 841. The third-order valence-electron chi connectivity index (χ3n) is 3.38. The largest absolute Gasteiger partial charge is 0.478 e. The number of halogens is 2.